The van der Waals surface area contributed by atoms with Crippen LogP contribution < -0.4 is 0 Å². The van der Waals surface area contributed by atoms with Crippen LogP contribution in [0.4, 0.5) is 0 Å². The standard InChI is InChI=1S/C12H17NO/c1-4-11(13-9(2)3)10-7-5-6-8-12(10)14/h5-9,14H,4H2,1-3H3. The van der Waals surface area contributed by atoms with E-state index in [4.69, 9.17) is 0 Å². The molecule has 0 amide bonds. The van der Waals surface area contributed by atoms with Gasteiger partial charge in [0.25, 0.3) is 0 Å². The summed E-state index contributed by atoms with van der Waals surface area (Å²) >= 11 is 0. The number of hydrogen-bond donors (Lipinski definition) is 1. The van der Waals surface area contributed by atoms with Crippen molar-refractivity contribution < 1.29 is 5.11 Å². The highest BCUT2D eigenvalue weighted by Crippen LogP contribution is 2.18. The summed E-state index contributed by atoms with van der Waals surface area (Å²) in [6, 6.07) is 7.60. The van der Waals surface area contributed by atoms with Crippen LogP contribution in [0, 0.1) is 0 Å². The smallest absolute Gasteiger partial charge is 0.124 e. The van der Waals surface area contributed by atoms with Crippen LogP contribution in [-0.2, 0) is 0 Å². The molecular weight excluding hydrogens is 174 g/mol. The lowest BCUT2D eigenvalue weighted by Crippen LogP contribution is -2.03. The summed E-state index contributed by atoms with van der Waals surface area (Å²) in [5.74, 6) is 0.314. The van der Waals surface area contributed by atoms with Crippen LogP contribution in [0.1, 0.15) is 32.8 Å². The Balaban J connectivity index is 3.07. The summed E-state index contributed by atoms with van der Waals surface area (Å²) in [4.78, 5) is 4.48. The molecule has 0 aliphatic carbocycles. The molecule has 0 spiro atoms. The van der Waals surface area contributed by atoms with Crippen LogP contribution in [0.3, 0.4) is 0 Å². The van der Waals surface area contributed by atoms with Crippen molar-refractivity contribution in [3.05, 3.63) is 29.8 Å². The molecule has 0 heterocycles. The quantitative estimate of drug-likeness (QED) is 0.732. The number of aromatic hydroxyl groups is 1. The molecule has 2 heteroatoms. The number of para-hydroxylation sites is 1. The predicted molar refractivity (Wildman–Crippen MR) is 60.1 cm³/mol. The van der Waals surface area contributed by atoms with E-state index in [2.05, 4.69) is 4.99 Å². The molecule has 0 saturated carbocycles. The normalized spacial score (nSPS) is 12.1. The highest BCUT2D eigenvalue weighted by molar-refractivity contribution is 6.02. The minimum Gasteiger partial charge on any atom is -0.507 e. The van der Waals surface area contributed by atoms with Crippen LogP contribution in [0.15, 0.2) is 29.3 Å². The Morgan fingerprint density at radius 1 is 1.36 bits per heavy atom. The van der Waals surface area contributed by atoms with Gasteiger partial charge in [-0.2, -0.15) is 0 Å². The lowest BCUT2D eigenvalue weighted by molar-refractivity contribution is 0.474. The lowest BCUT2D eigenvalue weighted by Gasteiger charge is -2.08. The molecule has 0 unspecified atom stereocenters. The average Bonchev–Trinajstić information content (AvgIpc) is 2.15. The molecule has 1 aromatic carbocycles. The summed E-state index contributed by atoms with van der Waals surface area (Å²) in [5.41, 5.74) is 1.82. The van der Waals surface area contributed by atoms with Crippen molar-refractivity contribution in [1.82, 2.24) is 0 Å². The molecule has 0 fully saturated rings. The molecule has 1 aromatic rings. The van der Waals surface area contributed by atoms with Gasteiger partial charge in [0.05, 0.1) is 0 Å². The van der Waals surface area contributed by atoms with Gasteiger partial charge in [0, 0.05) is 17.3 Å². The number of phenols is 1. The highest BCUT2D eigenvalue weighted by atomic mass is 16.3. The maximum absolute atomic E-state index is 9.64. The van der Waals surface area contributed by atoms with E-state index in [1.165, 1.54) is 0 Å². The monoisotopic (exact) mass is 191 g/mol. The van der Waals surface area contributed by atoms with Crippen molar-refractivity contribution >= 4 is 5.71 Å². The Labute approximate surface area is 85.3 Å². The lowest BCUT2D eigenvalue weighted by atomic mass is 10.1. The second kappa shape index (κ2) is 4.80. The van der Waals surface area contributed by atoms with Gasteiger partial charge in [-0.05, 0) is 32.4 Å². The second-order valence-corrected chi connectivity index (χ2v) is 3.54. The van der Waals surface area contributed by atoms with Gasteiger partial charge in [0.2, 0.25) is 0 Å². The van der Waals surface area contributed by atoms with Gasteiger partial charge >= 0.3 is 0 Å². The fourth-order valence-electron chi connectivity index (χ4n) is 1.38. The van der Waals surface area contributed by atoms with Gasteiger partial charge in [-0.3, -0.25) is 4.99 Å². The zero-order valence-electron chi connectivity index (χ0n) is 8.99. The molecule has 0 aliphatic heterocycles. The van der Waals surface area contributed by atoms with E-state index in [0.717, 1.165) is 17.7 Å². The zero-order valence-corrected chi connectivity index (χ0v) is 8.99. The Hall–Kier alpha value is -1.31. The van der Waals surface area contributed by atoms with Gasteiger partial charge in [-0.1, -0.05) is 19.1 Å². The maximum Gasteiger partial charge on any atom is 0.124 e. The third kappa shape index (κ3) is 2.59. The minimum absolute atomic E-state index is 0.268. The first-order valence-electron chi connectivity index (χ1n) is 5.00. The third-order valence-electron chi connectivity index (χ3n) is 1.96. The molecule has 1 N–H and O–H groups in total. The van der Waals surface area contributed by atoms with Crippen molar-refractivity contribution in [3.8, 4) is 5.75 Å². The van der Waals surface area contributed by atoms with Gasteiger partial charge in [0.1, 0.15) is 5.75 Å². The molecule has 0 atom stereocenters. The molecule has 0 aliphatic rings. The van der Waals surface area contributed by atoms with Crippen molar-refractivity contribution in [2.75, 3.05) is 0 Å². The van der Waals surface area contributed by atoms with E-state index in [1.807, 2.05) is 39.0 Å². The largest absolute Gasteiger partial charge is 0.507 e. The first-order chi connectivity index (χ1) is 6.65. The Morgan fingerprint density at radius 2 is 2.00 bits per heavy atom. The second-order valence-electron chi connectivity index (χ2n) is 3.54. The third-order valence-corrected chi connectivity index (χ3v) is 1.96. The summed E-state index contributed by atoms with van der Waals surface area (Å²) in [5, 5.41) is 9.64. The molecule has 0 radical (unpaired) electrons. The van der Waals surface area contributed by atoms with E-state index in [0.29, 0.717) is 5.75 Å². The SMILES string of the molecule is CCC(=NC(C)C)c1ccccc1O. The molecule has 2 nitrogen and oxygen atoms in total. The van der Waals surface area contributed by atoms with Gasteiger partial charge in [-0.25, -0.2) is 0 Å². The Bertz CT molecular complexity index is 329. The topological polar surface area (TPSA) is 32.6 Å². The Kier molecular flexibility index (Phi) is 3.69. The fourth-order valence-corrected chi connectivity index (χ4v) is 1.38. The number of aliphatic imine (C=N–C) groups is 1. The number of nitrogens with zero attached hydrogens (tertiary/aromatic N) is 1. The average molecular weight is 191 g/mol. The fraction of sp³-hybridized carbons (Fsp3) is 0.417. The van der Waals surface area contributed by atoms with Crippen molar-refractivity contribution in [3.63, 3.8) is 0 Å². The number of rotatable bonds is 3. The highest BCUT2D eigenvalue weighted by Gasteiger charge is 2.06. The Morgan fingerprint density at radius 3 is 2.50 bits per heavy atom. The van der Waals surface area contributed by atoms with E-state index in [9.17, 15) is 5.11 Å². The minimum atomic E-state index is 0.268. The maximum atomic E-state index is 9.64. The van der Waals surface area contributed by atoms with Crippen LogP contribution in [-0.4, -0.2) is 16.9 Å². The number of phenolic OH excluding ortho intramolecular Hbond substituents is 1. The molecule has 0 bridgehead atoms. The van der Waals surface area contributed by atoms with E-state index in [1.54, 1.807) is 6.07 Å². The predicted octanol–water partition coefficient (Wildman–Crippen LogP) is 3.00. The molecular formula is C12H17NO. The molecule has 14 heavy (non-hydrogen) atoms. The number of benzene rings is 1. The molecule has 0 saturated heterocycles. The van der Waals surface area contributed by atoms with Gasteiger partial charge in [0.15, 0.2) is 0 Å². The molecule has 0 aromatic heterocycles. The summed E-state index contributed by atoms with van der Waals surface area (Å²) < 4.78 is 0. The summed E-state index contributed by atoms with van der Waals surface area (Å²) in [6.45, 7) is 6.12. The number of hydrogen-bond acceptors (Lipinski definition) is 2. The van der Waals surface area contributed by atoms with Crippen LogP contribution in [0.25, 0.3) is 0 Å². The van der Waals surface area contributed by atoms with Crippen molar-refractivity contribution in [1.29, 1.82) is 0 Å². The molecule has 1 rings (SSSR count). The van der Waals surface area contributed by atoms with Crippen molar-refractivity contribution in [2.45, 2.75) is 33.2 Å². The van der Waals surface area contributed by atoms with Crippen LogP contribution >= 0.6 is 0 Å². The van der Waals surface area contributed by atoms with Gasteiger partial charge < -0.3 is 5.11 Å². The summed E-state index contributed by atoms with van der Waals surface area (Å²) in [6.07, 6.45) is 0.843. The zero-order chi connectivity index (χ0) is 10.6. The van der Waals surface area contributed by atoms with E-state index < -0.39 is 0 Å². The first kappa shape index (κ1) is 10.8. The van der Waals surface area contributed by atoms with E-state index >= 15 is 0 Å². The van der Waals surface area contributed by atoms with Crippen LogP contribution in [0.5, 0.6) is 5.75 Å². The molecule has 76 valence electrons. The van der Waals surface area contributed by atoms with E-state index in [-0.39, 0.29) is 6.04 Å². The van der Waals surface area contributed by atoms with Crippen LogP contribution in [0.2, 0.25) is 0 Å². The summed E-state index contributed by atoms with van der Waals surface area (Å²) in [7, 11) is 0. The first-order valence-corrected chi connectivity index (χ1v) is 5.00. The van der Waals surface area contributed by atoms with Gasteiger partial charge in [-0.15, -0.1) is 0 Å². The van der Waals surface area contributed by atoms with Crippen molar-refractivity contribution in [2.24, 2.45) is 4.99 Å².